The van der Waals surface area contributed by atoms with Crippen LogP contribution in [0.4, 0.5) is 34.1 Å². The Hall–Kier alpha value is -6.41. The number of methoxy groups -OCH3 is 2. The third-order valence-electron chi connectivity index (χ3n) is 10.7. The molecule has 0 fully saturated rings. The number of carbonyl (C=O) groups is 1. The van der Waals surface area contributed by atoms with E-state index in [0.717, 1.165) is 12.1 Å². The van der Waals surface area contributed by atoms with Gasteiger partial charge in [-0.3, -0.25) is 18.9 Å². The van der Waals surface area contributed by atoms with Gasteiger partial charge >= 0.3 is 48.9 Å². The van der Waals surface area contributed by atoms with Crippen LogP contribution in [0.3, 0.4) is 0 Å². The van der Waals surface area contributed by atoms with E-state index in [9.17, 15) is 46.1 Å². The Balaban J connectivity index is 0.000000235. The molecule has 18 nitrogen and oxygen atoms in total. The fourth-order valence-electron chi connectivity index (χ4n) is 7.06. The number of hydrogen-bond acceptors (Lipinski definition) is 15. The summed E-state index contributed by atoms with van der Waals surface area (Å²) in [5, 5.41) is 58.3. The van der Waals surface area contributed by atoms with Crippen molar-refractivity contribution in [1.29, 1.82) is 0 Å². The van der Waals surface area contributed by atoms with Crippen LogP contribution in [0, 0.1) is 13.8 Å². The topological polar surface area (TPSA) is 284 Å². The van der Waals surface area contributed by atoms with Gasteiger partial charge in [0.15, 0.2) is 5.75 Å². The second kappa shape index (κ2) is 23.6. The number of phenols is 1. The first-order valence-corrected chi connectivity index (χ1v) is 24.5. The monoisotopic (exact) mass is 1190 g/mol. The fourth-order valence-corrected chi connectivity index (χ4v) is 9.14. The molecule has 73 heavy (non-hydrogen) atoms. The molecule has 4 N–H and O–H groups in total. The molecule has 0 aliphatic carbocycles. The quantitative estimate of drug-likeness (QED) is 0.0292. The second-order valence-electron chi connectivity index (χ2n) is 15.4. The van der Waals surface area contributed by atoms with Gasteiger partial charge in [0.25, 0.3) is 26.1 Å². The first-order chi connectivity index (χ1) is 34.2. The van der Waals surface area contributed by atoms with Crippen LogP contribution in [0.1, 0.15) is 27.0 Å². The molecule has 0 bridgehead atoms. The summed E-state index contributed by atoms with van der Waals surface area (Å²) in [6, 6.07) is 34.8. The van der Waals surface area contributed by atoms with Crippen LogP contribution in [0.2, 0.25) is 10.0 Å². The van der Waals surface area contributed by atoms with Gasteiger partial charge < -0.3 is 30.1 Å². The summed E-state index contributed by atoms with van der Waals surface area (Å²) in [4.78, 5) is 16.2. The van der Waals surface area contributed by atoms with Crippen molar-refractivity contribution in [2.75, 3.05) is 19.5 Å². The van der Waals surface area contributed by atoms with E-state index in [1.165, 1.54) is 52.3 Å². The van der Waals surface area contributed by atoms with E-state index < -0.39 is 53.3 Å². The third kappa shape index (κ3) is 13.2. The minimum Gasteiger partial charge on any atom is -0.871 e. The maximum absolute atomic E-state index is 13.3. The standard InChI is InChI=1S/2C25H20ClN3O6S.Ba/c2*1-14-21(26)12-17(13-22(14)36(32,33)34)28-29-23-19-9-4-3-6-15(19)10-20(24(23)30)25(31)27-16-7-5-8-18(11-16)35-2;/h2*3-13,30H,1-2H3,(H,27,31)(H,32,33,34);/q;;+2/p-2. The number of anilines is 1. The first-order valence-electron chi connectivity index (χ1n) is 20.9. The summed E-state index contributed by atoms with van der Waals surface area (Å²) in [5.41, 5.74) is 0.660. The van der Waals surface area contributed by atoms with Gasteiger partial charge in [0.05, 0.1) is 42.5 Å². The van der Waals surface area contributed by atoms with Gasteiger partial charge in [-0.25, -0.2) is 0 Å². The summed E-state index contributed by atoms with van der Waals surface area (Å²) in [7, 11) is -6.13. The number of benzene rings is 8. The van der Waals surface area contributed by atoms with Crippen LogP contribution in [0.15, 0.2) is 169 Å². The van der Waals surface area contributed by atoms with E-state index in [1.54, 1.807) is 97.1 Å². The zero-order valence-electron chi connectivity index (χ0n) is 38.7. The van der Waals surface area contributed by atoms with Gasteiger partial charge in [0.1, 0.15) is 27.0 Å². The minimum absolute atomic E-state index is 0. The fraction of sp³-hybridized carbons (Fsp3) is 0.0800. The number of fused-ring (bicyclic) bond motifs is 2. The van der Waals surface area contributed by atoms with Gasteiger partial charge in [-0.05, 0) is 108 Å². The van der Waals surface area contributed by atoms with Crippen LogP contribution >= 0.6 is 23.2 Å². The molecule has 0 aliphatic heterocycles. The summed E-state index contributed by atoms with van der Waals surface area (Å²) < 4.78 is 76.1. The Morgan fingerprint density at radius 2 is 1.08 bits per heavy atom. The molecule has 0 atom stereocenters. The molecule has 23 heteroatoms. The van der Waals surface area contributed by atoms with E-state index in [4.69, 9.17) is 32.7 Å². The molecule has 8 aromatic rings. The number of carbonyl (C=O) groups excluding carboxylic acids is 1. The van der Waals surface area contributed by atoms with Crippen molar-refractivity contribution >= 4 is 160 Å². The number of halogens is 2. The Morgan fingerprint density at radius 3 is 1.62 bits per heavy atom. The molecular formula is C50H38BaCl2N6O12S2. The Morgan fingerprint density at radius 1 is 0.603 bits per heavy atom. The van der Waals surface area contributed by atoms with Crippen molar-refractivity contribution in [1.82, 2.24) is 0 Å². The molecular weight excluding hydrogens is 1150 g/mol. The molecule has 1 amide bonds. The number of aromatic hydroxyl groups is 1. The van der Waals surface area contributed by atoms with Gasteiger partial charge in [-0.15, -0.1) is 5.11 Å². The number of aliphatic imine (C=N–C) groups is 1. The molecule has 0 radical (unpaired) electrons. The van der Waals surface area contributed by atoms with Crippen molar-refractivity contribution in [3.8, 4) is 23.0 Å². The largest absolute Gasteiger partial charge is 2.00 e. The zero-order chi connectivity index (χ0) is 52.1. The predicted octanol–water partition coefficient (Wildman–Crippen LogP) is 11.0. The molecule has 0 heterocycles. The van der Waals surface area contributed by atoms with Crippen LogP contribution in [0.25, 0.3) is 21.5 Å². The van der Waals surface area contributed by atoms with Crippen LogP contribution < -0.4 is 25.0 Å². The molecule has 0 unspecified atom stereocenters. The van der Waals surface area contributed by atoms with Gasteiger partial charge in [-0.1, -0.05) is 89.6 Å². The second-order valence-corrected chi connectivity index (χ2v) is 19.0. The molecule has 0 aromatic heterocycles. The Kier molecular flexibility index (Phi) is 18.1. The number of rotatable bonds is 12. The predicted molar refractivity (Wildman–Crippen MR) is 275 cm³/mol. The summed E-state index contributed by atoms with van der Waals surface area (Å²) in [6.07, 6.45) is 0. The number of azo groups is 2. The van der Waals surface area contributed by atoms with Crippen molar-refractivity contribution in [2.45, 2.75) is 23.6 Å². The van der Waals surface area contributed by atoms with Gasteiger partial charge in [-0.2, -0.15) is 32.2 Å². The molecule has 0 spiro atoms. The van der Waals surface area contributed by atoms with Crippen molar-refractivity contribution < 1.29 is 55.5 Å². The molecule has 0 aliphatic rings. The number of nitrogens with one attached hydrogen (secondary N) is 1. The summed E-state index contributed by atoms with van der Waals surface area (Å²) in [5.74, 6) is -1.45. The molecule has 8 aromatic carbocycles. The number of hydrogen-bond donors (Lipinski definition) is 4. The van der Waals surface area contributed by atoms with E-state index in [1.807, 2.05) is 0 Å². The van der Waals surface area contributed by atoms with E-state index in [2.05, 4.69) is 30.8 Å². The molecule has 8 rings (SSSR count). The Bertz CT molecular complexity index is 3790. The number of ether oxygens (including phenoxy) is 2. The van der Waals surface area contributed by atoms with Gasteiger partial charge in [0, 0.05) is 38.6 Å². The van der Waals surface area contributed by atoms with Crippen LogP contribution in [-0.4, -0.2) is 106 Å². The number of amides is 1. The summed E-state index contributed by atoms with van der Waals surface area (Å²) >= 11 is 12.2. The van der Waals surface area contributed by atoms with E-state index in [0.29, 0.717) is 44.4 Å². The molecule has 0 saturated heterocycles. The molecule has 0 saturated carbocycles. The average molecular weight is 1190 g/mol. The third-order valence-corrected chi connectivity index (χ3v) is 13.5. The van der Waals surface area contributed by atoms with Crippen molar-refractivity contribution in [3.63, 3.8) is 0 Å². The van der Waals surface area contributed by atoms with Crippen LogP contribution in [-0.2, 0) is 20.2 Å². The van der Waals surface area contributed by atoms with E-state index in [-0.39, 0.29) is 104 Å². The zero-order valence-corrected chi connectivity index (χ0v) is 46.3. The van der Waals surface area contributed by atoms with Gasteiger partial charge in [0.2, 0.25) is 0 Å². The average Bonchev–Trinajstić information content (AvgIpc) is 3.34. The maximum Gasteiger partial charge on any atom is 2.00 e. The van der Waals surface area contributed by atoms with Crippen molar-refractivity contribution in [2.24, 2.45) is 25.4 Å². The van der Waals surface area contributed by atoms with Crippen LogP contribution in [0.5, 0.6) is 23.0 Å². The maximum atomic E-state index is 13.3. The van der Waals surface area contributed by atoms with E-state index >= 15 is 0 Å². The van der Waals surface area contributed by atoms with Crippen molar-refractivity contribution in [3.05, 3.63) is 166 Å². The molecule has 368 valence electrons. The normalized spacial score (nSPS) is 11.9. The number of nitrogens with zero attached hydrogens (tertiary/aromatic N) is 5. The minimum atomic E-state index is -4.57. The Labute approximate surface area is 468 Å². The SMILES string of the molecule is COc1cccc(N=C([O-])c2cc3ccccc3c(N=Nc3cc(Cl)c(C)c(S(=O)(=O)O)c3)c2[O-])c1.COc1cccc(NC(=O)c2cc3ccccc3c(N=Nc3cc(Cl)c(C)c(S(=O)(=O)O)c3)c2O)c1.[Ba+2]. The first kappa shape index (κ1) is 55.9. The summed E-state index contributed by atoms with van der Waals surface area (Å²) in [6.45, 7) is 2.87. The smallest absolute Gasteiger partial charge is 0.871 e. The number of phenolic OH excluding ortho intramolecular Hbond substituents is 1.